The maximum Gasteiger partial charge on any atom is 0.328 e. The number of hydrogen-bond acceptors (Lipinski definition) is 3. The number of carboxylic acids is 1. The quantitative estimate of drug-likeness (QED) is 0.641. The molecule has 0 aliphatic carbocycles. The van der Waals surface area contributed by atoms with Gasteiger partial charge in [0.2, 0.25) is 0 Å². The van der Waals surface area contributed by atoms with Gasteiger partial charge in [-0.15, -0.1) is 0 Å². The summed E-state index contributed by atoms with van der Waals surface area (Å²) in [7, 11) is 0. The molecule has 0 unspecified atom stereocenters. The normalized spacial score (nSPS) is 10.4. The Labute approximate surface area is 120 Å². The predicted molar refractivity (Wildman–Crippen MR) is 73.5 cm³/mol. The van der Waals surface area contributed by atoms with Gasteiger partial charge >= 0.3 is 5.97 Å². The van der Waals surface area contributed by atoms with Crippen LogP contribution in [0.3, 0.4) is 0 Å². The SMILES string of the molecule is N#CCCCOc1c(Cl)cc(Cl)cc1/C=C/C(=O)O. The third kappa shape index (κ3) is 5.21. The van der Waals surface area contributed by atoms with Crippen LogP contribution < -0.4 is 4.74 Å². The van der Waals surface area contributed by atoms with Crippen LogP contribution in [-0.4, -0.2) is 17.7 Å². The van der Waals surface area contributed by atoms with E-state index >= 15 is 0 Å². The van der Waals surface area contributed by atoms with Gasteiger partial charge in [0.05, 0.1) is 17.7 Å². The second-order valence-corrected chi connectivity index (χ2v) is 4.43. The second kappa shape index (κ2) is 7.67. The molecule has 1 rings (SSSR count). The van der Waals surface area contributed by atoms with E-state index in [0.717, 1.165) is 6.08 Å². The van der Waals surface area contributed by atoms with E-state index in [1.165, 1.54) is 12.1 Å². The van der Waals surface area contributed by atoms with Crippen LogP contribution in [0.25, 0.3) is 6.08 Å². The minimum absolute atomic E-state index is 0.300. The monoisotopic (exact) mass is 299 g/mol. The molecular formula is C13H11Cl2NO3. The Hall–Kier alpha value is -1.70. The van der Waals surface area contributed by atoms with E-state index in [1.807, 2.05) is 6.07 Å². The highest BCUT2D eigenvalue weighted by atomic mass is 35.5. The fourth-order valence-corrected chi connectivity index (χ4v) is 1.91. The Bertz CT molecular complexity index is 535. The summed E-state index contributed by atoms with van der Waals surface area (Å²) in [5, 5.41) is 17.7. The molecular weight excluding hydrogens is 289 g/mol. The third-order valence-corrected chi connectivity index (χ3v) is 2.62. The lowest BCUT2D eigenvalue weighted by Crippen LogP contribution is -1.99. The molecule has 1 aromatic rings. The fourth-order valence-electron chi connectivity index (χ4n) is 1.34. The Kier molecular flexibility index (Phi) is 6.20. The van der Waals surface area contributed by atoms with Gasteiger partial charge in [-0.25, -0.2) is 4.79 Å². The molecule has 0 saturated heterocycles. The molecule has 0 aromatic heterocycles. The van der Waals surface area contributed by atoms with E-state index in [4.69, 9.17) is 38.3 Å². The van der Waals surface area contributed by atoms with Crippen LogP contribution in [0, 0.1) is 11.3 Å². The van der Waals surface area contributed by atoms with E-state index < -0.39 is 5.97 Å². The number of carbonyl (C=O) groups is 1. The average molecular weight is 300 g/mol. The highest BCUT2D eigenvalue weighted by molar-refractivity contribution is 6.35. The van der Waals surface area contributed by atoms with Gasteiger partial charge in [-0.1, -0.05) is 23.2 Å². The predicted octanol–water partition coefficient (Wildman–Crippen LogP) is 3.77. The van der Waals surface area contributed by atoms with Gasteiger partial charge in [0.25, 0.3) is 0 Å². The van der Waals surface area contributed by atoms with Crippen LogP contribution in [0.2, 0.25) is 10.0 Å². The third-order valence-electron chi connectivity index (χ3n) is 2.12. The number of benzene rings is 1. The second-order valence-electron chi connectivity index (χ2n) is 3.59. The molecule has 4 nitrogen and oxygen atoms in total. The van der Waals surface area contributed by atoms with Crippen molar-refractivity contribution in [3.63, 3.8) is 0 Å². The summed E-state index contributed by atoms with van der Waals surface area (Å²) in [6, 6.07) is 5.08. The van der Waals surface area contributed by atoms with E-state index in [1.54, 1.807) is 6.07 Å². The minimum atomic E-state index is -1.08. The number of ether oxygens (including phenoxy) is 1. The maximum atomic E-state index is 10.5. The number of rotatable bonds is 6. The molecule has 0 aliphatic heterocycles. The van der Waals surface area contributed by atoms with Crippen LogP contribution in [0.5, 0.6) is 5.75 Å². The van der Waals surface area contributed by atoms with E-state index in [9.17, 15) is 4.79 Å². The highest BCUT2D eigenvalue weighted by Gasteiger charge is 2.09. The number of aliphatic carboxylic acids is 1. The largest absolute Gasteiger partial charge is 0.491 e. The summed E-state index contributed by atoms with van der Waals surface area (Å²) >= 11 is 11.9. The first-order valence-corrected chi connectivity index (χ1v) is 6.20. The van der Waals surface area contributed by atoms with E-state index in [0.29, 0.717) is 40.8 Å². The Morgan fingerprint density at radius 3 is 2.84 bits per heavy atom. The lowest BCUT2D eigenvalue weighted by molar-refractivity contribution is -0.131. The van der Waals surface area contributed by atoms with E-state index in [2.05, 4.69) is 0 Å². The minimum Gasteiger partial charge on any atom is -0.491 e. The smallest absolute Gasteiger partial charge is 0.328 e. The number of carboxylic acid groups (broad SMARTS) is 1. The lowest BCUT2D eigenvalue weighted by Gasteiger charge is -2.11. The van der Waals surface area contributed by atoms with Gasteiger partial charge in [-0.05, 0) is 24.6 Å². The molecule has 0 atom stereocenters. The number of hydrogen-bond donors (Lipinski definition) is 1. The molecule has 0 heterocycles. The van der Waals surface area contributed by atoms with Gasteiger partial charge in [-0.3, -0.25) is 0 Å². The molecule has 6 heteroatoms. The van der Waals surface area contributed by atoms with Crippen molar-refractivity contribution in [2.75, 3.05) is 6.61 Å². The van der Waals surface area contributed by atoms with Crippen molar-refractivity contribution in [1.82, 2.24) is 0 Å². The molecule has 19 heavy (non-hydrogen) atoms. The van der Waals surface area contributed by atoms with Crippen LogP contribution in [0.1, 0.15) is 18.4 Å². The van der Waals surface area contributed by atoms with Crippen LogP contribution >= 0.6 is 23.2 Å². The lowest BCUT2D eigenvalue weighted by atomic mass is 10.2. The summed E-state index contributed by atoms with van der Waals surface area (Å²) in [6.45, 7) is 0.322. The Balaban J connectivity index is 2.93. The Morgan fingerprint density at radius 2 is 2.21 bits per heavy atom. The first-order chi connectivity index (χ1) is 9.04. The number of nitrogens with zero attached hydrogens (tertiary/aromatic N) is 1. The van der Waals surface area contributed by atoms with Gasteiger partial charge in [0.1, 0.15) is 5.75 Å². The molecule has 0 radical (unpaired) electrons. The average Bonchev–Trinajstić information content (AvgIpc) is 2.34. The summed E-state index contributed by atoms with van der Waals surface area (Å²) < 4.78 is 5.47. The molecule has 0 aliphatic rings. The molecule has 0 bridgehead atoms. The number of unbranched alkanes of at least 4 members (excludes halogenated alkanes) is 1. The standard InChI is InChI=1S/C13H11Cl2NO3/c14-10-7-9(3-4-12(17)18)13(11(15)8-10)19-6-2-1-5-16/h3-4,7-8H,1-2,6H2,(H,17,18)/b4-3+. The zero-order chi connectivity index (χ0) is 14.3. The van der Waals surface area contributed by atoms with Crippen LogP contribution in [-0.2, 0) is 4.79 Å². The summed E-state index contributed by atoms with van der Waals surface area (Å²) in [5.74, 6) is -0.715. The van der Waals surface area contributed by atoms with Gasteiger partial charge < -0.3 is 9.84 Å². The first-order valence-electron chi connectivity index (χ1n) is 5.44. The van der Waals surface area contributed by atoms with Crippen molar-refractivity contribution in [2.24, 2.45) is 0 Å². The zero-order valence-electron chi connectivity index (χ0n) is 9.90. The van der Waals surface area contributed by atoms with Crippen molar-refractivity contribution in [1.29, 1.82) is 5.26 Å². The zero-order valence-corrected chi connectivity index (χ0v) is 11.4. The van der Waals surface area contributed by atoms with Crippen molar-refractivity contribution in [3.8, 4) is 11.8 Å². The van der Waals surface area contributed by atoms with E-state index in [-0.39, 0.29) is 0 Å². The van der Waals surface area contributed by atoms with Crippen LogP contribution in [0.4, 0.5) is 0 Å². The molecule has 0 saturated carbocycles. The summed E-state index contributed by atoms with van der Waals surface area (Å²) in [5.41, 5.74) is 0.483. The summed E-state index contributed by atoms with van der Waals surface area (Å²) in [4.78, 5) is 10.5. The fraction of sp³-hybridized carbons (Fsp3) is 0.231. The molecule has 1 aromatic carbocycles. The topological polar surface area (TPSA) is 70.3 Å². The summed E-state index contributed by atoms with van der Waals surface area (Å²) in [6.07, 6.45) is 3.28. The molecule has 0 spiro atoms. The van der Waals surface area contributed by atoms with Gasteiger partial charge in [0.15, 0.2) is 0 Å². The molecule has 1 N–H and O–H groups in total. The Morgan fingerprint density at radius 1 is 1.47 bits per heavy atom. The van der Waals surface area contributed by atoms with Gasteiger partial charge in [-0.2, -0.15) is 5.26 Å². The highest BCUT2D eigenvalue weighted by Crippen LogP contribution is 2.33. The maximum absolute atomic E-state index is 10.5. The van der Waals surface area contributed by atoms with Crippen molar-refractivity contribution >= 4 is 35.2 Å². The molecule has 100 valence electrons. The molecule has 0 fully saturated rings. The number of nitriles is 1. The molecule has 0 amide bonds. The van der Waals surface area contributed by atoms with Crippen molar-refractivity contribution < 1.29 is 14.6 Å². The van der Waals surface area contributed by atoms with Gasteiger partial charge in [0, 0.05) is 23.1 Å². The van der Waals surface area contributed by atoms with Crippen molar-refractivity contribution in [2.45, 2.75) is 12.8 Å². The number of halogens is 2. The van der Waals surface area contributed by atoms with Crippen LogP contribution in [0.15, 0.2) is 18.2 Å². The first kappa shape index (κ1) is 15.4. The van der Waals surface area contributed by atoms with Crippen molar-refractivity contribution in [3.05, 3.63) is 33.8 Å².